The van der Waals surface area contributed by atoms with Crippen molar-refractivity contribution in [1.29, 1.82) is 0 Å². The van der Waals surface area contributed by atoms with E-state index in [0.717, 1.165) is 13.4 Å². The summed E-state index contributed by atoms with van der Waals surface area (Å²) < 4.78 is 31.5. The molecule has 100 valence electrons. The van der Waals surface area contributed by atoms with Crippen LogP contribution in [-0.4, -0.2) is 29.0 Å². The zero-order valence-electron chi connectivity index (χ0n) is 9.58. The minimum atomic E-state index is -3.22. The minimum Gasteiger partial charge on any atom is -0.469 e. The van der Waals surface area contributed by atoms with E-state index >= 15 is 0 Å². The van der Waals surface area contributed by atoms with Crippen molar-refractivity contribution in [3.05, 3.63) is 22.2 Å². The molecule has 1 atom stereocenters. The quantitative estimate of drug-likeness (QED) is 0.633. The maximum Gasteiger partial charge on any atom is 0.306 e. The first-order chi connectivity index (χ1) is 8.27. The monoisotopic (exact) mass is 298 g/mol. The van der Waals surface area contributed by atoms with Gasteiger partial charge in [0.1, 0.15) is 16.6 Å². The number of hydrogen-bond donors (Lipinski definition) is 0. The van der Waals surface area contributed by atoms with Gasteiger partial charge in [0.25, 0.3) is 5.92 Å². The lowest BCUT2D eigenvalue weighted by molar-refractivity contribution is -0.143. The van der Waals surface area contributed by atoms with Crippen LogP contribution in [0.3, 0.4) is 0 Å². The molecule has 0 aromatic carbocycles. The Kier molecular flexibility index (Phi) is 4.81. The first kappa shape index (κ1) is 15.0. The van der Waals surface area contributed by atoms with Gasteiger partial charge in [-0.1, -0.05) is 23.2 Å². The summed E-state index contributed by atoms with van der Waals surface area (Å²) in [4.78, 5) is 18.4. The lowest BCUT2D eigenvalue weighted by Crippen LogP contribution is -2.26. The standard InChI is InChI=1S/C10H10Cl2F2N2O2/c1-10(13,14)5(3-6(17)18-2)7-8(11)15-4-16-9(7)12/h4-5H,3H2,1-2H3. The fourth-order valence-electron chi connectivity index (χ4n) is 1.43. The molecule has 0 bridgehead atoms. The molecular weight excluding hydrogens is 289 g/mol. The Hall–Kier alpha value is -1.01. The summed E-state index contributed by atoms with van der Waals surface area (Å²) in [5.74, 6) is -5.55. The Morgan fingerprint density at radius 3 is 2.33 bits per heavy atom. The molecule has 1 rings (SSSR count). The molecular formula is C10H10Cl2F2N2O2. The Morgan fingerprint density at radius 2 is 1.94 bits per heavy atom. The number of aromatic nitrogens is 2. The van der Waals surface area contributed by atoms with Crippen molar-refractivity contribution in [3.63, 3.8) is 0 Å². The molecule has 18 heavy (non-hydrogen) atoms. The Morgan fingerprint density at radius 1 is 1.44 bits per heavy atom. The van der Waals surface area contributed by atoms with Crippen molar-refractivity contribution >= 4 is 29.2 Å². The molecule has 0 saturated heterocycles. The van der Waals surface area contributed by atoms with Crippen molar-refractivity contribution in [3.8, 4) is 0 Å². The third-order valence-electron chi connectivity index (χ3n) is 2.35. The maximum absolute atomic E-state index is 13.5. The van der Waals surface area contributed by atoms with Crippen molar-refractivity contribution in [2.45, 2.75) is 25.2 Å². The second kappa shape index (κ2) is 5.75. The van der Waals surface area contributed by atoms with Crippen LogP contribution in [-0.2, 0) is 9.53 Å². The van der Waals surface area contributed by atoms with E-state index in [1.54, 1.807) is 0 Å². The highest BCUT2D eigenvalue weighted by atomic mass is 35.5. The molecule has 0 N–H and O–H groups in total. The molecule has 0 aliphatic carbocycles. The molecule has 1 aromatic rings. The van der Waals surface area contributed by atoms with Crippen molar-refractivity contribution in [2.75, 3.05) is 7.11 Å². The second-order valence-corrected chi connectivity index (χ2v) is 4.37. The van der Waals surface area contributed by atoms with Gasteiger partial charge >= 0.3 is 5.97 Å². The number of nitrogens with zero attached hydrogens (tertiary/aromatic N) is 2. The van der Waals surface area contributed by atoms with E-state index in [1.807, 2.05) is 0 Å². The largest absolute Gasteiger partial charge is 0.469 e. The van der Waals surface area contributed by atoms with E-state index in [1.165, 1.54) is 0 Å². The zero-order valence-corrected chi connectivity index (χ0v) is 11.1. The van der Waals surface area contributed by atoms with Crippen LogP contribution in [0, 0.1) is 0 Å². The summed E-state index contributed by atoms with van der Waals surface area (Å²) in [6.07, 6.45) is 0.490. The summed E-state index contributed by atoms with van der Waals surface area (Å²) in [7, 11) is 1.11. The van der Waals surface area contributed by atoms with Crippen LogP contribution in [0.15, 0.2) is 6.33 Å². The van der Waals surface area contributed by atoms with E-state index in [9.17, 15) is 13.6 Å². The summed E-state index contributed by atoms with van der Waals surface area (Å²) in [5, 5.41) is -0.407. The van der Waals surface area contributed by atoms with Gasteiger partial charge in [-0.05, 0) is 6.92 Å². The Balaban J connectivity index is 3.22. The molecule has 4 nitrogen and oxygen atoms in total. The number of ether oxygens (including phenoxy) is 1. The summed E-state index contributed by atoms with van der Waals surface area (Å²) in [6, 6.07) is 0. The number of carbonyl (C=O) groups is 1. The number of alkyl halides is 2. The Bertz CT molecular complexity index is 432. The molecule has 0 amide bonds. The highest BCUT2D eigenvalue weighted by molar-refractivity contribution is 6.34. The average Bonchev–Trinajstić information content (AvgIpc) is 2.25. The Labute approximate surface area is 112 Å². The number of rotatable bonds is 4. The minimum absolute atomic E-state index is 0.154. The van der Waals surface area contributed by atoms with Crippen molar-refractivity contribution < 1.29 is 18.3 Å². The summed E-state index contributed by atoms with van der Waals surface area (Å²) in [5.41, 5.74) is -0.154. The molecule has 0 radical (unpaired) electrons. The lowest BCUT2D eigenvalue weighted by atomic mass is 9.92. The third-order valence-corrected chi connectivity index (χ3v) is 2.95. The molecule has 0 aliphatic rings. The van der Waals surface area contributed by atoms with Gasteiger partial charge in [0, 0.05) is 5.56 Å². The summed E-state index contributed by atoms with van der Waals surface area (Å²) in [6.45, 7) is 0.667. The molecule has 0 aliphatic heterocycles. The van der Waals surface area contributed by atoms with E-state index in [0.29, 0.717) is 6.92 Å². The predicted octanol–water partition coefficient (Wildman–Crippen LogP) is 3.09. The van der Waals surface area contributed by atoms with Crippen LogP contribution < -0.4 is 0 Å². The lowest BCUT2D eigenvalue weighted by Gasteiger charge is -2.23. The molecule has 8 heteroatoms. The van der Waals surface area contributed by atoms with Gasteiger partial charge in [0.15, 0.2) is 0 Å². The van der Waals surface area contributed by atoms with Crippen molar-refractivity contribution in [2.24, 2.45) is 0 Å². The molecule has 1 heterocycles. The van der Waals surface area contributed by atoms with Gasteiger partial charge in [-0.15, -0.1) is 0 Å². The fourth-order valence-corrected chi connectivity index (χ4v) is 2.00. The van der Waals surface area contributed by atoms with E-state index < -0.39 is 24.2 Å². The van der Waals surface area contributed by atoms with Gasteiger partial charge < -0.3 is 4.74 Å². The highest BCUT2D eigenvalue weighted by Gasteiger charge is 2.40. The van der Waals surface area contributed by atoms with E-state index in [-0.39, 0.29) is 15.9 Å². The fraction of sp³-hybridized carbons (Fsp3) is 0.500. The normalized spacial score (nSPS) is 13.2. The van der Waals surface area contributed by atoms with Crippen LogP contribution in [0.4, 0.5) is 8.78 Å². The van der Waals surface area contributed by atoms with Crippen LogP contribution in [0.25, 0.3) is 0 Å². The number of carbonyl (C=O) groups excluding carboxylic acids is 1. The van der Waals surface area contributed by atoms with E-state index in [2.05, 4.69) is 14.7 Å². The molecule has 0 fully saturated rings. The SMILES string of the molecule is COC(=O)CC(c1c(Cl)ncnc1Cl)C(C)(F)F. The van der Waals surface area contributed by atoms with Crippen molar-refractivity contribution in [1.82, 2.24) is 9.97 Å². The van der Waals surface area contributed by atoms with Gasteiger partial charge in [0.2, 0.25) is 0 Å². The predicted molar refractivity (Wildman–Crippen MR) is 62.0 cm³/mol. The first-order valence-electron chi connectivity index (χ1n) is 4.88. The van der Waals surface area contributed by atoms with Crippen LogP contribution in [0.1, 0.15) is 24.8 Å². The third kappa shape index (κ3) is 3.49. The summed E-state index contributed by atoms with van der Waals surface area (Å²) >= 11 is 11.5. The number of hydrogen-bond acceptors (Lipinski definition) is 4. The maximum atomic E-state index is 13.5. The van der Waals surface area contributed by atoms with Crippen LogP contribution in [0.5, 0.6) is 0 Å². The van der Waals surface area contributed by atoms with Gasteiger partial charge in [-0.25, -0.2) is 18.7 Å². The van der Waals surface area contributed by atoms with Crippen LogP contribution >= 0.6 is 23.2 Å². The molecule has 1 aromatic heterocycles. The first-order valence-corrected chi connectivity index (χ1v) is 5.63. The number of methoxy groups -OCH3 is 1. The number of halogens is 4. The molecule has 0 spiro atoms. The van der Waals surface area contributed by atoms with Gasteiger partial charge in [0.05, 0.1) is 19.4 Å². The molecule has 1 unspecified atom stereocenters. The topological polar surface area (TPSA) is 52.1 Å². The number of esters is 1. The van der Waals surface area contributed by atoms with Gasteiger partial charge in [-0.2, -0.15) is 0 Å². The average molecular weight is 299 g/mol. The van der Waals surface area contributed by atoms with E-state index in [4.69, 9.17) is 23.2 Å². The van der Waals surface area contributed by atoms with Gasteiger partial charge in [-0.3, -0.25) is 4.79 Å². The molecule has 0 saturated carbocycles. The zero-order chi connectivity index (χ0) is 13.9. The smallest absolute Gasteiger partial charge is 0.306 e. The van der Waals surface area contributed by atoms with Crippen LogP contribution in [0.2, 0.25) is 10.3 Å². The second-order valence-electron chi connectivity index (χ2n) is 3.66. The highest BCUT2D eigenvalue weighted by Crippen LogP contribution is 2.41.